The molecule has 1 aliphatic heterocycles. The van der Waals surface area contributed by atoms with Crippen LogP contribution in [0.3, 0.4) is 0 Å². The van der Waals surface area contributed by atoms with E-state index in [1.807, 2.05) is 30.3 Å². The van der Waals surface area contributed by atoms with Crippen LogP contribution in [0.15, 0.2) is 48.2 Å². The molecule has 0 atom stereocenters. The number of allylic oxidation sites excluding steroid dienone is 1. The Morgan fingerprint density at radius 2 is 1.86 bits per heavy atom. The molecule has 1 aromatic rings. The van der Waals surface area contributed by atoms with Crippen LogP contribution in [0, 0.1) is 0 Å². The van der Waals surface area contributed by atoms with E-state index in [2.05, 4.69) is 15.9 Å². The fraction of sp³-hybridized carbons (Fsp3) is 0. The van der Waals surface area contributed by atoms with Crippen LogP contribution >= 0.6 is 15.9 Å². The molecule has 0 bridgehead atoms. The lowest BCUT2D eigenvalue weighted by Gasteiger charge is -2.02. The van der Waals surface area contributed by atoms with Gasteiger partial charge in [0.05, 0.1) is 4.48 Å². The largest absolute Gasteiger partial charge is 0.422 e. The zero-order chi connectivity index (χ0) is 9.97. The van der Waals surface area contributed by atoms with Gasteiger partial charge in [-0.2, -0.15) is 0 Å². The number of hydrogen-bond donors (Lipinski definition) is 0. The molecule has 1 aliphatic rings. The lowest BCUT2D eigenvalue weighted by molar-refractivity contribution is -0.132. The fourth-order valence-electron chi connectivity index (χ4n) is 1.16. The first kappa shape index (κ1) is 9.21. The molecule has 0 radical (unpaired) electrons. The summed E-state index contributed by atoms with van der Waals surface area (Å²) in [7, 11) is 0. The second-order valence-electron chi connectivity index (χ2n) is 2.80. The monoisotopic (exact) mass is 250 g/mol. The highest BCUT2D eigenvalue weighted by Gasteiger charge is 2.14. The van der Waals surface area contributed by atoms with Crippen molar-refractivity contribution in [3.05, 3.63) is 53.8 Å². The van der Waals surface area contributed by atoms with Crippen LogP contribution < -0.4 is 0 Å². The highest BCUT2D eigenvalue weighted by atomic mass is 79.9. The summed E-state index contributed by atoms with van der Waals surface area (Å²) in [6.45, 7) is 0. The molecule has 0 spiro atoms. The molecule has 0 fully saturated rings. The number of carbonyl (C=O) groups is 1. The van der Waals surface area contributed by atoms with Crippen molar-refractivity contribution in [2.45, 2.75) is 0 Å². The average Bonchev–Trinajstić information content (AvgIpc) is 2.65. The Labute approximate surface area is 90.0 Å². The van der Waals surface area contributed by atoms with Gasteiger partial charge in [0.1, 0.15) is 5.76 Å². The van der Waals surface area contributed by atoms with Crippen molar-refractivity contribution in [1.29, 1.82) is 0 Å². The molecular weight excluding hydrogens is 244 g/mol. The van der Waals surface area contributed by atoms with Gasteiger partial charge in [-0.15, -0.1) is 0 Å². The van der Waals surface area contributed by atoms with Gasteiger partial charge in [0.2, 0.25) is 0 Å². The van der Waals surface area contributed by atoms with Crippen LogP contribution in [0.2, 0.25) is 0 Å². The van der Waals surface area contributed by atoms with Gasteiger partial charge in [-0.25, -0.2) is 4.79 Å². The molecule has 14 heavy (non-hydrogen) atoms. The van der Waals surface area contributed by atoms with Crippen molar-refractivity contribution in [2.75, 3.05) is 0 Å². The van der Waals surface area contributed by atoms with E-state index in [0.717, 1.165) is 10.0 Å². The Morgan fingerprint density at radius 1 is 1.14 bits per heavy atom. The predicted octanol–water partition coefficient (Wildman–Crippen LogP) is 2.86. The maximum absolute atomic E-state index is 10.8. The molecule has 0 N–H and O–H groups in total. The second kappa shape index (κ2) is 3.80. The Morgan fingerprint density at radius 3 is 2.43 bits per heavy atom. The third-order valence-corrected chi connectivity index (χ3v) is 2.67. The molecule has 1 heterocycles. The molecule has 1 aromatic carbocycles. The summed E-state index contributed by atoms with van der Waals surface area (Å²) in [5, 5.41) is 0. The summed E-state index contributed by atoms with van der Waals surface area (Å²) in [6.07, 6.45) is 3.05. The zero-order valence-electron chi connectivity index (χ0n) is 7.24. The van der Waals surface area contributed by atoms with Crippen LogP contribution in [0.1, 0.15) is 5.56 Å². The molecule has 2 rings (SSSR count). The Hall–Kier alpha value is -1.35. The van der Waals surface area contributed by atoms with Crippen molar-refractivity contribution >= 4 is 26.4 Å². The van der Waals surface area contributed by atoms with Crippen molar-refractivity contribution in [2.24, 2.45) is 0 Å². The maximum Gasteiger partial charge on any atom is 0.336 e. The molecule has 0 saturated heterocycles. The molecular formula is C11H7BrO2. The maximum atomic E-state index is 10.8. The highest BCUT2D eigenvalue weighted by molar-refractivity contribution is 9.15. The van der Waals surface area contributed by atoms with E-state index in [-0.39, 0.29) is 5.97 Å². The van der Waals surface area contributed by atoms with E-state index in [1.54, 1.807) is 6.08 Å². The first-order valence-electron chi connectivity index (χ1n) is 4.12. The summed E-state index contributed by atoms with van der Waals surface area (Å²) in [5.41, 5.74) is 0.988. The molecule has 0 saturated carbocycles. The average molecular weight is 251 g/mol. The highest BCUT2D eigenvalue weighted by Crippen LogP contribution is 2.28. The number of halogens is 1. The summed E-state index contributed by atoms with van der Waals surface area (Å²) >= 11 is 3.39. The van der Waals surface area contributed by atoms with Crippen LogP contribution in [0.25, 0.3) is 4.48 Å². The number of esters is 1. The van der Waals surface area contributed by atoms with Crippen molar-refractivity contribution in [3.8, 4) is 0 Å². The van der Waals surface area contributed by atoms with Gasteiger partial charge < -0.3 is 4.74 Å². The van der Waals surface area contributed by atoms with E-state index >= 15 is 0 Å². The lowest BCUT2D eigenvalue weighted by atomic mass is 10.2. The molecule has 0 unspecified atom stereocenters. The third-order valence-electron chi connectivity index (χ3n) is 1.82. The van der Waals surface area contributed by atoms with Gasteiger partial charge in [0.15, 0.2) is 0 Å². The predicted molar refractivity (Wildman–Crippen MR) is 57.5 cm³/mol. The lowest BCUT2D eigenvalue weighted by Crippen LogP contribution is -1.91. The molecule has 0 amide bonds. The first-order valence-corrected chi connectivity index (χ1v) is 4.92. The minimum absolute atomic E-state index is 0.326. The van der Waals surface area contributed by atoms with Crippen LogP contribution in [0.5, 0.6) is 0 Å². The Bertz CT molecular complexity index is 418. The zero-order valence-corrected chi connectivity index (χ0v) is 8.82. The van der Waals surface area contributed by atoms with E-state index in [1.165, 1.54) is 6.08 Å². The van der Waals surface area contributed by atoms with Crippen molar-refractivity contribution in [3.63, 3.8) is 0 Å². The second-order valence-corrected chi connectivity index (χ2v) is 3.59. The van der Waals surface area contributed by atoms with E-state index in [0.29, 0.717) is 5.76 Å². The van der Waals surface area contributed by atoms with Gasteiger partial charge in [-0.1, -0.05) is 30.3 Å². The standard InChI is InChI=1S/C11H7BrO2/c12-11(8-4-2-1-3-5-8)9-6-7-10(13)14-9/h1-7H. The van der Waals surface area contributed by atoms with E-state index < -0.39 is 0 Å². The van der Waals surface area contributed by atoms with Crippen molar-refractivity contribution < 1.29 is 9.53 Å². The normalized spacial score (nSPS) is 18.2. The van der Waals surface area contributed by atoms with Crippen LogP contribution in [-0.4, -0.2) is 5.97 Å². The number of benzene rings is 1. The first-order chi connectivity index (χ1) is 6.77. The summed E-state index contributed by atoms with van der Waals surface area (Å²) < 4.78 is 5.75. The Balaban J connectivity index is 2.37. The van der Waals surface area contributed by atoms with Gasteiger partial charge in [0.25, 0.3) is 0 Å². The van der Waals surface area contributed by atoms with Gasteiger partial charge >= 0.3 is 5.97 Å². The quantitative estimate of drug-likeness (QED) is 0.717. The number of rotatable bonds is 1. The van der Waals surface area contributed by atoms with Crippen molar-refractivity contribution in [1.82, 2.24) is 0 Å². The molecule has 2 nitrogen and oxygen atoms in total. The number of hydrogen-bond acceptors (Lipinski definition) is 2. The summed E-state index contributed by atoms with van der Waals surface area (Å²) in [5.74, 6) is 0.231. The van der Waals surface area contributed by atoms with E-state index in [9.17, 15) is 4.79 Å². The number of cyclic esters (lactones) is 1. The SMILES string of the molecule is O=C1C=CC(=C(Br)c2ccccc2)O1. The van der Waals surface area contributed by atoms with E-state index in [4.69, 9.17) is 4.74 Å². The van der Waals surface area contributed by atoms with Crippen LogP contribution in [0.4, 0.5) is 0 Å². The third kappa shape index (κ3) is 1.77. The van der Waals surface area contributed by atoms with Gasteiger partial charge in [-0.3, -0.25) is 0 Å². The number of ether oxygens (including phenoxy) is 1. The number of carbonyl (C=O) groups excluding carboxylic acids is 1. The molecule has 3 heteroatoms. The van der Waals surface area contributed by atoms with Gasteiger partial charge in [-0.05, 0) is 27.6 Å². The Kier molecular flexibility index (Phi) is 2.50. The van der Waals surface area contributed by atoms with Gasteiger partial charge in [0, 0.05) is 6.08 Å². The minimum atomic E-state index is -0.326. The summed E-state index contributed by atoms with van der Waals surface area (Å²) in [6, 6.07) is 9.67. The topological polar surface area (TPSA) is 26.3 Å². The van der Waals surface area contributed by atoms with Crippen LogP contribution in [-0.2, 0) is 9.53 Å². The molecule has 0 aliphatic carbocycles. The summed E-state index contributed by atoms with van der Waals surface area (Å²) in [4.78, 5) is 10.8. The smallest absolute Gasteiger partial charge is 0.336 e. The minimum Gasteiger partial charge on any atom is -0.422 e. The fourth-order valence-corrected chi connectivity index (χ4v) is 1.64. The molecule has 70 valence electrons. The molecule has 0 aromatic heterocycles.